The molecule has 0 saturated carbocycles. The average molecular weight is 1190 g/mol. The highest BCUT2D eigenvalue weighted by Crippen LogP contribution is 2.55. The van der Waals surface area contributed by atoms with Gasteiger partial charge in [-0.15, -0.1) is 0 Å². The fourth-order valence-corrected chi connectivity index (χ4v) is 13.4. The van der Waals surface area contributed by atoms with Gasteiger partial charge in [0.15, 0.2) is 11.1 Å². The second kappa shape index (κ2) is 25.4. The van der Waals surface area contributed by atoms with E-state index in [2.05, 4.69) is 10.6 Å². The van der Waals surface area contributed by atoms with Gasteiger partial charge in [0.1, 0.15) is 32.8 Å². The summed E-state index contributed by atoms with van der Waals surface area (Å²) < 4.78 is 80.1. The first-order valence-corrected chi connectivity index (χ1v) is 29.0. The van der Waals surface area contributed by atoms with Gasteiger partial charge in [-0.25, -0.2) is 35.0 Å². The Morgan fingerprint density at radius 2 is 0.840 bits per heavy atom. The van der Waals surface area contributed by atoms with Crippen molar-refractivity contribution in [2.24, 2.45) is 11.5 Å². The Bertz CT molecular complexity index is 3360. The Morgan fingerprint density at radius 3 is 1.15 bits per heavy atom. The highest BCUT2D eigenvalue weighted by molar-refractivity contribution is 7.94. The van der Waals surface area contributed by atoms with Crippen LogP contribution in [0.2, 0.25) is 10.0 Å². The van der Waals surface area contributed by atoms with Crippen LogP contribution in [0.5, 0.6) is 23.0 Å². The fraction of sp³-hybridized carbons (Fsp3) is 0.286. The molecule has 2 atom stereocenters. The van der Waals surface area contributed by atoms with Crippen LogP contribution in [0.25, 0.3) is 0 Å². The molecule has 2 aliphatic heterocycles. The van der Waals surface area contributed by atoms with Crippen molar-refractivity contribution in [3.8, 4) is 23.0 Å². The van der Waals surface area contributed by atoms with E-state index < -0.39 is 55.0 Å². The number of halogens is 2. The maximum absolute atomic E-state index is 14.4. The number of carbonyl (C=O) groups is 4. The quantitative estimate of drug-likeness (QED) is 0.0630. The Morgan fingerprint density at radius 1 is 0.519 bits per heavy atom. The first-order chi connectivity index (χ1) is 38.1. The van der Waals surface area contributed by atoms with E-state index in [9.17, 15) is 36.0 Å². The summed E-state index contributed by atoms with van der Waals surface area (Å²) in [6.45, 7) is 12.9. The number of methoxy groups -OCH3 is 2. The van der Waals surface area contributed by atoms with Crippen molar-refractivity contribution < 1.29 is 60.4 Å². The summed E-state index contributed by atoms with van der Waals surface area (Å²) in [5.41, 5.74) is 10.2. The molecule has 0 aliphatic carbocycles. The normalized spacial score (nSPS) is 16.2. The molecule has 6 aromatic rings. The molecule has 432 valence electrons. The van der Waals surface area contributed by atoms with Crippen LogP contribution in [-0.4, -0.2) is 110 Å². The molecule has 0 aromatic heterocycles. The highest BCUT2D eigenvalue weighted by Gasteiger charge is 2.58. The van der Waals surface area contributed by atoms with Crippen LogP contribution < -0.4 is 49.7 Å². The first kappa shape index (κ1) is 62.6. The molecular weight excluding hydrogens is 1130 g/mol. The van der Waals surface area contributed by atoms with Gasteiger partial charge in [-0.2, -0.15) is 0 Å². The van der Waals surface area contributed by atoms with Gasteiger partial charge in [0.05, 0.1) is 50.2 Å². The van der Waals surface area contributed by atoms with Crippen LogP contribution in [0.3, 0.4) is 0 Å². The van der Waals surface area contributed by atoms with Crippen LogP contribution in [0.1, 0.15) is 63.8 Å². The molecule has 21 nitrogen and oxygen atoms in total. The topological polar surface area (TPSA) is 294 Å². The van der Waals surface area contributed by atoms with Gasteiger partial charge in [-0.3, -0.25) is 9.59 Å². The van der Waals surface area contributed by atoms with E-state index in [-0.39, 0.29) is 107 Å². The van der Waals surface area contributed by atoms with Gasteiger partial charge < -0.3 is 56.3 Å². The number of hydrogen-bond donors (Lipinski definition) is 4. The molecule has 2 unspecified atom stereocenters. The number of amides is 6. The largest absolute Gasteiger partial charge is 0.495 e. The number of carbonyl (C=O) groups excluding carboxylic acids is 4. The summed E-state index contributed by atoms with van der Waals surface area (Å²) in [5.74, 6) is -1.43. The number of nitrogens with two attached hydrogens (primary N) is 2. The lowest BCUT2D eigenvalue weighted by molar-refractivity contribution is -0.121. The Labute approximate surface area is 481 Å². The van der Waals surface area contributed by atoms with E-state index in [4.69, 9.17) is 53.6 Å². The zero-order valence-corrected chi connectivity index (χ0v) is 48.8. The fourth-order valence-electron chi connectivity index (χ4n) is 9.63. The molecule has 2 aliphatic rings. The van der Waals surface area contributed by atoms with Crippen molar-refractivity contribution in [1.82, 2.24) is 9.80 Å². The summed E-state index contributed by atoms with van der Waals surface area (Å²) in [7, 11) is -6.45. The van der Waals surface area contributed by atoms with E-state index in [0.717, 1.165) is 0 Å². The summed E-state index contributed by atoms with van der Waals surface area (Å²) in [6.07, 6.45) is 0. The van der Waals surface area contributed by atoms with Gasteiger partial charge in [0.2, 0.25) is 0 Å². The van der Waals surface area contributed by atoms with Crippen molar-refractivity contribution in [3.63, 3.8) is 0 Å². The van der Waals surface area contributed by atoms with Crippen molar-refractivity contribution in [2.45, 2.75) is 62.4 Å². The molecular formula is C56H64Cl2N8O13S2. The third kappa shape index (κ3) is 11.0. The van der Waals surface area contributed by atoms with Crippen LogP contribution in [0.4, 0.5) is 32.3 Å². The molecule has 0 radical (unpaired) electrons. The minimum atomic E-state index is -4.56. The predicted octanol–water partition coefficient (Wildman–Crippen LogP) is 8.29. The minimum Gasteiger partial charge on any atom is -0.495 e. The maximum atomic E-state index is 14.4. The molecule has 8 N–H and O–H groups in total. The predicted molar refractivity (Wildman–Crippen MR) is 311 cm³/mol. The number of ether oxygens (including phenoxy) is 4. The van der Waals surface area contributed by atoms with Crippen LogP contribution >= 0.6 is 23.2 Å². The lowest BCUT2D eigenvalue weighted by Gasteiger charge is -2.28. The zero-order chi connectivity index (χ0) is 58.5. The molecule has 0 saturated heterocycles. The minimum absolute atomic E-state index is 0. The van der Waals surface area contributed by atoms with Crippen molar-refractivity contribution in [2.75, 3.05) is 72.9 Å². The number of sulfonamides is 2. The van der Waals surface area contributed by atoms with Gasteiger partial charge >= 0.3 is 12.1 Å². The molecule has 6 amide bonds. The van der Waals surface area contributed by atoms with Crippen LogP contribution in [0.15, 0.2) is 131 Å². The van der Waals surface area contributed by atoms with E-state index in [1.807, 2.05) is 27.7 Å². The average Bonchev–Trinajstić information content (AvgIpc) is 3.83. The van der Waals surface area contributed by atoms with Gasteiger partial charge in [-0.1, -0.05) is 83.9 Å². The number of nitrogens with one attached hydrogen (secondary N) is 2. The molecule has 2 heterocycles. The summed E-state index contributed by atoms with van der Waals surface area (Å²) in [5, 5.41) is 5.96. The lowest BCUT2D eigenvalue weighted by atomic mass is 9.83. The zero-order valence-electron chi connectivity index (χ0n) is 45.7. The SMILES string of the molecule is CCOc1ccc2c(c1NC(=O)N(CC)CC)C(N)(c1ccccc1Cl)C(=O)N2S(=O)(=O)c1ccccc1OC.CCOc1ccc2c(c1NC(=O)N(CC)CC)C(N)(c1ccccc1Cl)C(=O)N2S(=O)(=O)c1ccccc1OC.O. The lowest BCUT2D eigenvalue weighted by Crippen LogP contribution is -2.50. The monoisotopic (exact) mass is 1190 g/mol. The first-order valence-electron chi connectivity index (χ1n) is 25.4. The van der Waals surface area contributed by atoms with Gasteiger partial charge in [0.25, 0.3) is 31.9 Å². The molecule has 0 bridgehead atoms. The van der Waals surface area contributed by atoms with E-state index >= 15 is 0 Å². The second-order valence-electron chi connectivity index (χ2n) is 17.8. The number of para-hydroxylation sites is 2. The Hall–Kier alpha value is -7.64. The van der Waals surface area contributed by atoms with Crippen molar-refractivity contribution >= 4 is 89.9 Å². The number of fused-ring (bicyclic) bond motifs is 2. The number of urea groups is 2. The summed E-state index contributed by atoms with van der Waals surface area (Å²) in [4.78, 5) is 57.9. The van der Waals surface area contributed by atoms with Crippen molar-refractivity contribution in [1.29, 1.82) is 0 Å². The Kier molecular flexibility index (Phi) is 19.6. The molecule has 8 rings (SSSR count). The molecule has 0 fully saturated rings. The number of hydrogen-bond acceptors (Lipinski definition) is 14. The maximum Gasteiger partial charge on any atom is 0.321 e. The Balaban J connectivity index is 0.000000258. The van der Waals surface area contributed by atoms with Crippen LogP contribution in [-0.2, 0) is 40.7 Å². The molecule has 0 spiro atoms. The molecule has 25 heteroatoms. The third-order valence-corrected chi connectivity index (χ3v) is 17.6. The van der Waals surface area contributed by atoms with Crippen molar-refractivity contribution in [3.05, 3.63) is 154 Å². The van der Waals surface area contributed by atoms with Gasteiger partial charge in [0, 0.05) is 58.5 Å². The highest BCUT2D eigenvalue weighted by atomic mass is 35.5. The number of benzene rings is 6. The van der Waals surface area contributed by atoms with E-state index in [0.29, 0.717) is 34.8 Å². The number of nitrogens with zero attached hydrogens (tertiary/aromatic N) is 4. The molecule has 81 heavy (non-hydrogen) atoms. The summed E-state index contributed by atoms with van der Waals surface area (Å²) >= 11 is 13.1. The number of rotatable bonds is 18. The van der Waals surface area contributed by atoms with Gasteiger partial charge in [-0.05, 0) is 102 Å². The third-order valence-electron chi connectivity index (χ3n) is 13.5. The standard InChI is InChI=1S/2C28H31ClN4O6S.H2O/c2*1-5-32(6-2)27(35)31-25-22(39-7-3)17-16-20-24(25)28(30,18-12-8-9-13-19(18)29)26(34)33(20)40(36,37)23-15-11-10-14-21(23)38-4;/h2*8-17H,5-7,30H2,1-4H3,(H,31,35);1H2. The summed E-state index contributed by atoms with van der Waals surface area (Å²) in [6, 6.07) is 29.6. The van der Waals surface area contributed by atoms with E-state index in [1.165, 1.54) is 84.7 Å². The number of anilines is 4. The molecule has 6 aromatic carbocycles. The second-order valence-corrected chi connectivity index (χ2v) is 22.1. The van der Waals surface area contributed by atoms with Crippen LogP contribution in [0, 0.1) is 0 Å². The van der Waals surface area contributed by atoms with E-state index in [1.54, 1.807) is 74.5 Å². The smallest absolute Gasteiger partial charge is 0.321 e.